The highest BCUT2D eigenvalue weighted by Crippen LogP contribution is 2.30. The molecular weight excluding hydrogens is 387 g/mol. The third kappa shape index (κ3) is 3.97. The van der Waals surface area contributed by atoms with Gasteiger partial charge in [-0.15, -0.1) is 0 Å². The maximum Gasteiger partial charge on any atom is 0.250 e. The van der Waals surface area contributed by atoms with E-state index in [1.54, 1.807) is 25.4 Å². The molecule has 0 aromatic carbocycles. The molecule has 0 aliphatic rings. The molecule has 0 radical (unpaired) electrons. The number of methoxy groups -OCH3 is 1. The van der Waals surface area contributed by atoms with Gasteiger partial charge in [-0.25, -0.2) is 19.3 Å². The fraction of sp³-hybridized carbons (Fsp3) is 0.100. The minimum Gasteiger partial charge on any atom is -0.479 e. The quantitative estimate of drug-likeness (QED) is 0.516. The average molecular weight is 404 g/mol. The van der Waals surface area contributed by atoms with Gasteiger partial charge in [0.2, 0.25) is 11.8 Å². The van der Waals surface area contributed by atoms with Crippen LogP contribution in [0.3, 0.4) is 0 Å². The Balaban J connectivity index is 1.82. The molecule has 0 aliphatic heterocycles. The molecule has 4 heterocycles. The monoisotopic (exact) mass is 404 g/mol. The SMILES string of the molecule is COc1ncc(Nc2nc(-c3cccnc3)ccc2-c2nc(C)nc(N)n2)cc1F. The van der Waals surface area contributed by atoms with Gasteiger partial charge < -0.3 is 15.8 Å². The minimum absolute atomic E-state index is 0.0944. The first-order chi connectivity index (χ1) is 14.5. The van der Waals surface area contributed by atoms with E-state index in [9.17, 15) is 4.39 Å². The zero-order valence-corrected chi connectivity index (χ0v) is 16.2. The fourth-order valence-corrected chi connectivity index (χ4v) is 2.81. The van der Waals surface area contributed by atoms with Crippen molar-refractivity contribution in [3.63, 3.8) is 0 Å². The molecule has 9 nitrogen and oxygen atoms in total. The normalized spacial score (nSPS) is 10.6. The number of anilines is 3. The Bertz CT molecular complexity index is 1180. The van der Waals surface area contributed by atoms with Crippen LogP contribution in [-0.4, -0.2) is 37.0 Å². The Labute approximate surface area is 171 Å². The fourth-order valence-electron chi connectivity index (χ4n) is 2.81. The smallest absolute Gasteiger partial charge is 0.250 e. The van der Waals surface area contributed by atoms with Crippen LogP contribution in [0.15, 0.2) is 48.9 Å². The van der Waals surface area contributed by atoms with Gasteiger partial charge in [0.25, 0.3) is 0 Å². The minimum atomic E-state index is -0.604. The van der Waals surface area contributed by atoms with Gasteiger partial charge in [0.05, 0.1) is 30.3 Å². The largest absolute Gasteiger partial charge is 0.479 e. The van der Waals surface area contributed by atoms with E-state index in [2.05, 4.69) is 35.2 Å². The number of ether oxygens (including phenoxy) is 1. The van der Waals surface area contributed by atoms with E-state index in [1.807, 2.05) is 18.2 Å². The lowest BCUT2D eigenvalue weighted by atomic mass is 10.1. The van der Waals surface area contributed by atoms with Crippen LogP contribution in [0.4, 0.5) is 21.8 Å². The predicted octanol–water partition coefficient (Wildman–Crippen LogP) is 3.17. The van der Waals surface area contributed by atoms with Crippen molar-refractivity contribution in [1.29, 1.82) is 0 Å². The van der Waals surface area contributed by atoms with Gasteiger partial charge in [-0.05, 0) is 31.2 Å². The van der Waals surface area contributed by atoms with E-state index in [1.165, 1.54) is 19.4 Å². The first kappa shape index (κ1) is 19.1. The lowest BCUT2D eigenvalue weighted by Crippen LogP contribution is -2.05. The molecule has 0 aliphatic carbocycles. The predicted molar refractivity (Wildman–Crippen MR) is 109 cm³/mol. The lowest BCUT2D eigenvalue weighted by molar-refractivity contribution is 0.369. The molecule has 3 N–H and O–H groups in total. The molecule has 150 valence electrons. The van der Waals surface area contributed by atoms with Crippen LogP contribution < -0.4 is 15.8 Å². The Hall–Kier alpha value is -4.21. The van der Waals surface area contributed by atoms with E-state index < -0.39 is 5.82 Å². The standard InChI is InChI=1S/C20H17FN8O/c1-11-25-17(29-20(22)26-11)14-5-6-16(12-4-3-7-23-9-12)28-18(14)27-13-8-15(21)19(30-2)24-10-13/h3-10H,1-2H3,(H,27,28)(H2,22,25,26,29). The van der Waals surface area contributed by atoms with E-state index in [0.29, 0.717) is 34.4 Å². The number of aromatic nitrogens is 6. The molecule has 0 fully saturated rings. The number of hydrogen-bond donors (Lipinski definition) is 2. The summed E-state index contributed by atoms with van der Waals surface area (Å²) in [6.07, 6.45) is 4.82. The molecule has 0 saturated heterocycles. The molecule has 4 aromatic heterocycles. The number of rotatable bonds is 5. The molecule has 4 aromatic rings. The van der Waals surface area contributed by atoms with Gasteiger partial charge in [-0.3, -0.25) is 4.98 Å². The molecule has 0 bridgehead atoms. The summed E-state index contributed by atoms with van der Waals surface area (Å²) in [5.41, 5.74) is 8.21. The van der Waals surface area contributed by atoms with Crippen molar-refractivity contribution in [2.75, 3.05) is 18.2 Å². The third-order valence-electron chi connectivity index (χ3n) is 4.12. The summed E-state index contributed by atoms with van der Waals surface area (Å²) in [6.45, 7) is 1.72. The van der Waals surface area contributed by atoms with Crippen molar-refractivity contribution in [1.82, 2.24) is 29.9 Å². The number of nitrogen functional groups attached to an aromatic ring is 1. The Morgan fingerprint density at radius 2 is 1.93 bits per heavy atom. The molecule has 0 amide bonds. The molecule has 0 spiro atoms. The molecule has 0 atom stereocenters. The number of nitrogens with one attached hydrogen (secondary N) is 1. The van der Waals surface area contributed by atoms with Gasteiger partial charge in [0.15, 0.2) is 11.6 Å². The second-order valence-corrected chi connectivity index (χ2v) is 6.24. The van der Waals surface area contributed by atoms with E-state index in [-0.39, 0.29) is 11.8 Å². The van der Waals surface area contributed by atoms with Crippen LogP contribution in [0.25, 0.3) is 22.6 Å². The topological polar surface area (TPSA) is 125 Å². The zero-order chi connectivity index (χ0) is 21.1. The Morgan fingerprint density at radius 1 is 1.07 bits per heavy atom. The van der Waals surface area contributed by atoms with Crippen LogP contribution in [-0.2, 0) is 0 Å². The number of nitrogens with two attached hydrogens (primary N) is 1. The average Bonchev–Trinajstić information content (AvgIpc) is 2.74. The van der Waals surface area contributed by atoms with Gasteiger partial charge in [-0.2, -0.15) is 9.97 Å². The summed E-state index contributed by atoms with van der Waals surface area (Å²) in [7, 11) is 1.35. The second kappa shape index (κ2) is 8.03. The molecular formula is C20H17FN8O. The summed E-state index contributed by atoms with van der Waals surface area (Å²) < 4.78 is 19.0. The van der Waals surface area contributed by atoms with Gasteiger partial charge >= 0.3 is 0 Å². The first-order valence-electron chi connectivity index (χ1n) is 8.90. The van der Waals surface area contributed by atoms with E-state index >= 15 is 0 Å². The zero-order valence-electron chi connectivity index (χ0n) is 16.2. The van der Waals surface area contributed by atoms with Gasteiger partial charge in [0.1, 0.15) is 11.6 Å². The van der Waals surface area contributed by atoms with Crippen LogP contribution in [0.1, 0.15) is 5.82 Å². The summed E-state index contributed by atoms with van der Waals surface area (Å²) in [6, 6.07) is 8.59. The highest BCUT2D eigenvalue weighted by atomic mass is 19.1. The van der Waals surface area contributed by atoms with E-state index in [0.717, 1.165) is 5.56 Å². The first-order valence-corrected chi connectivity index (χ1v) is 8.90. The van der Waals surface area contributed by atoms with Crippen molar-refractivity contribution in [2.24, 2.45) is 0 Å². The van der Waals surface area contributed by atoms with Crippen LogP contribution in [0.2, 0.25) is 0 Å². The maximum absolute atomic E-state index is 14.1. The highest BCUT2D eigenvalue weighted by Gasteiger charge is 2.15. The summed E-state index contributed by atoms with van der Waals surface area (Å²) in [5, 5.41) is 3.08. The van der Waals surface area contributed by atoms with Crippen molar-refractivity contribution in [3.8, 4) is 28.5 Å². The van der Waals surface area contributed by atoms with Crippen molar-refractivity contribution in [2.45, 2.75) is 6.92 Å². The Morgan fingerprint density at radius 3 is 2.63 bits per heavy atom. The maximum atomic E-state index is 14.1. The highest BCUT2D eigenvalue weighted by molar-refractivity contribution is 5.77. The molecule has 0 saturated carbocycles. The molecule has 0 unspecified atom stereocenters. The molecule has 10 heteroatoms. The second-order valence-electron chi connectivity index (χ2n) is 6.24. The van der Waals surface area contributed by atoms with Crippen LogP contribution >= 0.6 is 0 Å². The summed E-state index contributed by atoms with van der Waals surface area (Å²) in [5.74, 6) is 0.600. The van der Waals surface area contributed by atoms with Crippen molar-refractivity contribution < 1.29 is 9.13 Å². The number of hydrogen-bond acceptors (Lipinski definition) is 9. The van der Waals surface area contributed by atoms with Gasteiger partial charge in [-0.1, -0.05) is 0 Å². The summed E-state index contributed by atoms with van der Waals surface area (Å²) >= 11 is 0. The number of halogens is 1. The number of nitrogens with zero attached hydrogens (tertiary/aromatic N) is 6. The lowest BCUT2D eigenvalue weighted by Gasteiger charge is -2.13. The molecule has 30 heavy (non-hydrogen) atoms. The third-order valence-corrected chi connectivity index (χ3v) is 4.12. The van der Waals surface area contributed by atoms with Crippen LogP contribution in [0, 0.1) is 12.7 Å². The summed E-state index contributed by atoms with van der Waals surface area (Å²) in [4.78, 5) is 25.3. The van der Waals surface area contributed by atoms with Crippen LogP contribution in [0.5, 0.6) is 5.88 Å². The van der Waals surface area contributed by atoms with Crippen molar-refractivity contribution in [3.05, 3.63) is 60.6 Å². The number of aryl methyl sites for hydroxylation is 1. The van der Waals surface area contributed by atoms with Crippen molar-refractivity contribution >= 4 is 17.5 Å². The number of pyridine rings is 3. The Kier molecular flexibility index (Phi) is 5.12. The van der Waals surface area contributed by atoms with E-state index in [4.69, 9.17) is 10.5 Å². The van der Waals surface area contributed by atoms with Gasteiger partial charge in [0, 0.05) is 24.0 Å². The molecule has 4 rings (SSSR count).